The van der Waals surface area contributed by atoms with Crippen molar-refractivity contribution in [2.45, 2.75) is 6.92 Å². The molecule has 0 unspecified atom stereocenters. The summed E-state index contributed by atoms with van der Waals surface area (Å²) in [6.45, 7) is 2.02. The number of hydrogen-bond acceptors (Lipinski definition) is 6. The molecule has 26 heavy (non-hydrogen) atoms. The Balaban J connectivity index is 1.63. The molecule has 0 saturated carbocycles. The van der Waals surface area contributed by atoms with E-state index in [0.29, 0.717) is 23.0 Å². The van der Waals surface area contributed by atoms with Gasteiger partial charge < -0.3 is 4.74 Å². The molecule has 0 radical (unpaired) electrons. The van der Waals surface area contributed by atoms with Gasteiger partial charge in [-0.25, -0.2) is 4.79 Å². The number of carbonyl (C=O) groups excluding carboxylic acids is 2. The summed E-state index contributed by atoms with van der Waals surface area (Å²) < 4.78 is 4.80. The molecule has 0 aliphatic carbocycles. The van der Waals surface area contributed by atoms with E-state index >= 15 is 0 Å². The Hall–Kier alpha value is -3.26. The molecule has 8 heteroatoms. The molecule has 0 bridgehead atoms. The normalized spacial score (nSPS) is 10.2. The van der Waals surface area contributed by atoms with Crippen LogP contribution in [0.15, 0.2) is 54.6 Å². The van der Waals surface area contributed by atoms with Gasteiger partial charge in [-0.2, -0.15) is 0 Å². The molecule has 2 N–H and O–H groups in total. The molecule has 0 saturated heterocycles. The predicted octanol–water partition coefficient (Wildman–Crippen LogP) is 4.03. The number of ether oxygens (including phenoxy) is 1. The lowest BCUT2D eigenvalue weighted by molar-refractivity contribution is 0.102. The van der Waals surface area contributed by atoms with Crippen LogP contribution in [0.25, 0.3) is 10.6 Å². The van der Waals surface area contributed by atoms with Crippen molar-refractivity contribution in [2.75, 3.05) is 17.2 Å². The summed E-state index contributed by atoms with van der Waals surface area (Å²) >= 11 is 1.30. The number of nitrogens with one attached hydrogen (secondary N) is 2. The monoisotopic (exact) mass is 368 g/mol. The fraction of sp³-hybridized carbons (Fsp3) is 0.111. The van der Waals surface area contributed by atoms with E-state index in [1.54, 1.807) is 31.2 Å². The molecule has 1 aromatic heterocycles. The first-order valence-electron chi connectivity index (χ1n) is 7.90. The quantitative estimate of drug-likeness (QED) is 0.709. The lowest BCUT2D eigenvalue weighted by Crippen LogP contribution is -2.14. The highest BCUT2D eigenvalue weighted by atomic mass is 32.1. The Morgan fingerprint density at radius 3 is 2.42 bits per heavy atom. The van der Waals surface area contributed by atoms with Crippen LogP contribution in [-0.2, 0) is 4.74 Å². The number of anilines is 2. The number of hydrogen-bond donors (Lipinski definition) is 2. The molecule has 3 aromatic rings. The maximum absolute atomic E-state index is 12.3. The van der Waals surface area contributed by atoms with Crippen LogP contribution in [0.5, 0.6) is 0 Å². The van der Waals surface area contributed by atoms with Gasteiger partial charge in [-0.3, -0.25) is 15.4 Å². The molecular formula is C18H16N4O3S. The van der Waals surface area contributed by atoms with Crippen LogP contribution < -0.4 is 10.6 Å². The van der Waals surface area contributed by atoms with E-state index in [1.807, 2.05) is 30.3 Å². The number of nitrogens with zero attached hydrogens (tertiary/aromatic N) is 2. The molecule has 3 rings (SSSR count). The Morgan fingerprint density at radius 2 is 1.73 bits per heavy atom. The highest BCUT2D eigenvalue weighted by Gasteiger charge is 2.11. The average Bonchev–Trinajstić information content (AvgIpc) is 3.12. The summed E-state index contributed by atoms with van der Waals surface area (Å²) in [5.41, 5.74) is 1.93. The fourth-order valence-corrected chi connectivity index (χ4v) is 2.87. The van der Waals surface area contributed by atoms with Crippen molar-refractivity contribution in [3.63, 3.8) is 0 Å². The number of benzene rings is 2. The standard InChI is InChI=1S/C18H16N4O3S/c1-2-25-18(24)19-14-10-8-12(9-11-14)15(23)20-17-22-21-16(26-17)13-6-4-3-5-7-13/h3-11H,2H2,1H3,(H,19,24)(H,20,22,23). The van der Waals surface area contributed by atoms with Crippen LogP contribution in [-0.4, -0.2) is 28.8 Å². The smallest absolute Gasteiger partial charge is 0.411 e. The second-order valence-electron chi connectivity index (χ2n) is 5.16. The van der Waals surface area contributed by atoms with Crippen molar-refractivity contribution in [3.8, 4) is 10.6 Å². The van der Waals surface area contributed by atoms with Gasteiger partial charge in [0, 0.05) is 16.8 Å². The summed E-state index contributed by atoms with van der Waals surface area (Å²) in [7, 11) is 0. The van der Waals surface area contributed by atoms with E-state index in [1.165, 1.54) is 11.3 Å². The van der Waals surface area contributed by atoms with E-state index in [0.717, 1.165) is 10.6 Å². The van der Waals surface area contributed by atoms with Gasteiger partial charge in [-0.05, 0) is 31.2 Å². The zero-order valence-electron chi connectivity index (χ0n) is 13.9. The summed E-state index contributed by atoms with van der Waals surface area (Å²) in [6, 6.07) is 16.1. The Morgan fingerprint density at radius 1 is 1.00 bits per heavy atom. The first-order valence-corrected chi connectivity index (χ1v) is 8.71. The molecule has 0 spiro atoms. The highest BCUT2D eigenvalue weighted by molar-refractivity contribution is 7.18. The lowest BCUT2D eigenvalue weighted by Gasteiger charge is -2.06. The van der Waals surface area contributed by atoms with Crippen LogP contribution >= 0.6 is 11.3 Å². The van der Waals surface area contributed by atoms with Crippen molar-refractivity contribution in [3.05, 3.63) is 60.2 Å². The minimum atomic E-state index is -0.535. The third-order valence-electron chi connectivity index (χ3n) is 3.34. The molecule has 2 amide bonds. The second kappa shape index (κ2) is 8.21. The number of rotatable bonds is 5. The topological polar surface area (TPSA) is 93.2 Å². The van der Waals surface area contributed by atoms with E-state index in [9.17, 15) is 9.59 Å². The summed E-state index contributed by atoms with van der Waals surface area (Å²) in [6.07, 6.45) is -0.535. The van der Waals surface area contributed by atoms with Gasteiger partial charge >= 0.3 is 6.09 Å². The first-order chi connectivity index (χ1) is 12.7. The van der Waals surface area contributed by atoms with Gasteiger partial charge in [0.15, 0.2) is 0 Å². The van der Waals surface area contributed by atoms with E-state index in [-0.39, 0.29) is 5.91 Å². The van der Waals surface area contributed by atoms with Crippen molar-refractivity contribution in [2.24, 2.45) is 0 Å². The molecule has 0 aliphatic rings. The minimum Gasteiger partial charge on any atom is -0.450 e. The van der Waals surface area contributed by atoms with Crippen LogP contribution in [0.4, 0.5) is 15.6 Å². The largest absolute Gasteiger partial charge is 0.450 e. The van der Waals surface area contributed by atoms with Crippen molar-refractivity contribution < 1.29 is 14.3 Å². The third kappa shape index (κ3) is 4.42. The zero-order valence-corrected chi connectivity index (χ0v) is 14.7. The number of carbonyl (C=O) groups is 2. The Kier molecular flexibility index (Phi) is 5.55. The van der Waals surface area contributed by atoms with Gasteiger partial charge in [0.05, 0.1) is 6.61 Å². The Labute approximate surface area is 154 Å². The van der Waals surface area contributed by atoms with Crippen LogP contribution in [0.3, 0.4) is 0 Å². The third-order valence-corrected chi connectivity index (χ3v) is 4.22. The zero-order chi connectivity index (χ0) is 18.4. The van der Waals surface area contributed by atoms with Gasteiger partial charge in [0.25, 0.3) is 5.91 Å². The molecule has 7 nitrogen and oxygen atoms in total. The van der Waals surface area contributed by atoms with Crippen molar-refractivity contribution in [1.82, 2.24) is 10.2 Å². The van der Waals surface area contributed by atoms with E-state index in [4.69, 9.17) is 4.74 Å². The highest BCUT2D eigenvalue weighted by Crippen LogP contribution is 2.26. The van der Waals surface area contributed by atoms with E-state index in [2.05, 4.69) is 20.8 Å². The molecule has 132 valence electrons. The summed E-state index contributed by atoms with van der Waals surface area (Å²) in [5, 5.41) is 14.5. The maximum Gasteiger partial charge on any atom is 0.411 e. The molecule has 0 atom stereocenters. The molecule has 2 aromatic carbocycles. The summed E-state index contributed by atoms with van der Waals surface area (Å²) in [4.78, 5) is 23.7. The molecule has 1 heterocycles. The maximum atomic E-state index is 12.3. The van der Waals surface area contributed by atoms with Crippen molar-refractivity contribution >= 4 is 34.2 Å². The van der Waals surface area contributed by atoms with Crippen LogP contribution in [0.1, 0.15) is 17.3 Å². The van der Waals surface area contributed by atoms with Gasteiger partial charge in [-0.1, -0.05) is 41.7 Å². The molecular weight excluding hydrogens is 352 g/mol. The lowest BCUT2D eigenvalue weighted by atomic mass is 10.2. The second-order valence-corrected chi connectivity index (χ2v) is 6.13. The number of amides is 2. The molecule has 0 fully saturated rings. The fourth-order valence-electron chi connectivity index (χ4n) is 2.13. The summed E-state index contributed by atoms with van der Waals surface area (Å²) in [5.74, 6) is -0.302. The molecule has 0 aliphatic heterocycles. The minimum absolute atomic E-state index is 0.291. The predicted molar refractivity (Wildman–Crippen MR) is 100 cm³/mol. The van der Waals surface area contributed by atoms with Gasteiger partial charge in [-0.15, -0.1) is 10.2 Å². The average molecular weight is 368 g/mol. The van der Waals surface area contributed by atoms with Crippen molar-refractivity contribution in [1.29, 1.82) is 0 Å². The SMILES string of the molecule is CCOC(=O)Nc1ccc(C(=O)Nc2nnc(-c3ccccc3)s2)cc1. The van der Waals surface area contributed by atoms with Gasteiger partial charge in [0.2, 0.25) is 5.13 Å². The Bertz CT molecular complexity index is 894. The van der Waals surface area contributed by atoms with E-state index < -0.39 is 6.09 Å². The van der Waals surface area contributed by atoms with Crippen LogP contribution in [0.2, 0.25) is 0 Å². The first kappa shape index (κ1) is 17.6. The van der Waals surface area contributed by atoms with Gasteiger partial charge in [0.1, 0.15) is 5.01 Å². The van der Waals surface area contributed by atoms with Crippen LogP contribution in [0, 0.1) is 0 Å². The number of aromatic nitrogens is 2.